The van der Waals surface area contributed by atoms with E-state index in [0.717, 1.165) is 5.56 Å². The van der Waals surface area contributed by atoms with Crippen molar-refractivity contribution in [2.45, 2.75) is 26.3 Å². The third kappa shape index (κ3) is 3.75. The molecule has 0 saturated heterocycles. The molecule has 0 aromatic heterocycles. The van der Waals surface area contributed by atoms with Gasteiger partial charge in [0.25, 0.3) is 5.91 Å². The maximum Gasteiger partial charge on any atom is 0.326 e. The Labute approximate surface area is 105 Å². The SMILES string of the molecule is CC[C@@H](NC(=O)c1cc(C)cc(Cl)c1)C(=O)O. The molecule has 92 valence electrons. The number of hydrogen-bond donors (Lipinski definition) is 2. The van der Waals surface area contributed by atoms with Crippen molar-refractivity contribution in [2.75, 3.05) is 0 Å². The molecule has 0 radical (unpaired) electrons. The molecule has 1 atom stereocenters. The Morgan fingerprint density at radius 1 is 1.41 bits per heavy atom. The van der Waals surface area contributed by atoms with Crippen molar-refractivity contribution in [3.05, 3.63) is 34.3 Å². The second-order valence-corrected chi connectivity index (χ2v) is 4.23. The molecule has 1 amide bonds. The van der Waals surface area contributed by atoms with Gasteiger partial charge in [0.15, 0.2) is 0 Å². The lowest BCUT2D eigenvalue weighted by molar-refractivity contribution is -0.139. The highest BCUT2D eigenvalue weighted by Crippen LogP contribution is 2.14. The van der Waals surface area contributed by atoms with E-state index in [1.165, 1.54) is 6.07 Å². The summed E-state index contributed by atoms with van der Waals surface area (Å²) >= 11 is 5.83. The van der Waals surface area contributed by atoms with Gasteiger partial charge in [0.1, 0.15) is 6.04 Å². The molecule has 0 unspecified atom stereocenters. The number of benzene rings is 1. The van der Waals surface area contributed by atoms with Crippen LogP contribution in [-0.2, 0) is 4.79 Å². The van der Waals surface area contributed by atoms with E-state index in [0.29, 0.717) is 17.0 Å². The van der Waals surface area contributed by atoms with Gasteiger partial charge in [-0.05, 0) is 37.1 Å². The highest BCUT2D eigenvalue weighted by atomic mass is 35.5. The number of rotatable bonds is 4. The van der Waals surface area contributed by atoms with Crippen LogP contribution in [0.5, 0.6) is 0 Å². The minimum Gasteiger partial charge on any atom is -0.480 e. The zero-order valence-electron chi connectivity index (χ0n) is 9.66. The number of halogens is 1. The van der Waals surface area contributed by atoms with Gasteiger partial charge in [0, 0.05) is 10.6 Å². The van der Waals surface area contributed by atoms with Crippen LogP contribution >= 0.6 is 11.6 Å². The lowest BCUT2D eigenvalue weighted by Gasteiger charge is -2.12. The first-order valence-electron chi connectivity index (χ1n) is 5.25. The molecule has 1 rings (SSSR count). The van der Waals surface area contributed by atoms with Crippen LogP contribution < -0.4 is 5.32 Å². The molecule has 2 N–H and O–H groups in total. The van der Waals surface area contributed by atoms with Gasteiger partial charge in [-0.25, -0.2) is 4.79 Å². The standard InChI is InChI=1S/C12H14ClNO3/c1-3-10(12(16)17)14-11(15)8-4-7(2)5-9(13)6-8/h4-6,10H,3H2,1-2H3,(H,14,15)(H,16,17)/t10-/m1/s1. The van der Waals surface area contributed by atoms with E-state index in [1.807, 2.05) is 6.92 Å². The summed E-state index contributed by atoms with van der Waals surface area (Å²) in [7, 11) is 0. The Bertz CT molecular complexity index is 425. The molecule has 17 heavy (non-hydrogen) atoms. The van der Waals surface area contributed by atoms with E-state index in [1.54, 1.807) is 19.1 Å². The van der Waals surface area contributed by atoms with Crippen molar-refractivity contribution >= 4 is 23.5 Å². The monoisotopic (exact) mass is 255 g/mol. The molecule has 0 fully saturated rings. The van der Waals surface area contributed by atoms with Crippen LogP contribution in [0.4, 0.5) is 0 Å². The second-order valence-electron chi connectivity index (χ2n) is 3.79. The van der Waals surface area contributed by atoms with Crippen molar-refractivity contribution in [3.63, 3.8) is 0 Å². The fraction of sp³-hybridized carbons (Fsp3) is 0.333. The fourth-order valence-electron chi connectivity index (χ4n) is 1.45. The van der Waals surface area contributed by atoms with E-state index < -0.39 is 17.9 Å². The van der Waals surface area contributed by atoms with E-state index in [9.17, 15) is 9.59 Å². The summed E-state index contributed by atoms with van der Waals surface area (Å²) in [5, 5.41) is 11.7. The van der Waals surface area contributed by atoms with Gasteiger partial charge in [-0.15, -0.1) is 0 Å². The lowest BCUT2D eigenvalue weighted by Crippen LogP contribution is -2.40. The van der Waals surface area contributed by atoms with Gasteiger partial charge < -0.3 is 10.4 Å². The van der Waals surface area contributed by atoms with Crippen molar-refractivity contribution in [1.82, 2.24) is 5.32 Å². The lowest BCUT2D eigenvalue weighted by atomic mass is 10.1. The van der Waals surface area contributed by atoms with E-state index in [4.69, 9.17) is 16.7 Å². The van der Waals surface area contributed by atoms with Gasteiger partial charge in [0.05, 0.1) is 0 Å². The molecule has 0 heterocycles. The highest BCUT2D eigenvalue weighted by Gasteiger charge is 2.18. The first-order valence-corrected chi connectivity index (χ1v) is 5.62. The van der Waals surface area contributed by atoms with Gasteiger partial charge >= 0.3 is 5.97 Å². The highest BCUT2D eigenvalue weighted by molar-refractivity contribution is 6.31. The largest absolute Gasteiger partial charge is 0.480 e. The average Bonchev–Trinajstić information content (AvgIpc) is 2.23. The van der Waals surface area contributed by atoms with Crippen LogP contribution in [0.3, 0.4) is 0 Å². The predicted molar refractivity (Wildman–Crippen MR) is 65.4 cm³/mol. The van der Waals surface area contributed by atoms with Gasteiger partial charge in [-0.3, -0.25) is 4.79 Å². The number of aryl methyl sites for hydroxylation is 1. The Morgan fingerprint density at radius 3 is 2.53 bits per heavy atom. The fourth-order valence-corrected chi connectivity index (χ4v) is 1.74. The molecule has 0 saturated carbocycles. The summed E-state index contributed by atoms with van der Waals surface area (Å²) < 4.78 is 0. The third-order valence-electron chi connectivity index (χ3n) is 2.32. The van der Waals surface area contributed by atoms with Crippen LogP contribution in [0.1, 0.15) is 29.3 Å². The Kier molecular flexibility index (Phi) is 4.52. The summed E-state index contributed by atoms with van der Waals surface area (Å²) in [6.45, 7) is 3.51. The van der Waals surface area contributed by atoms with Crippen LogP contribution in [0.2, 0.25) is 5.02 Å². The quantitative estimate of drug-likeness (QED) is 0.867. The van der Waals surface area contributed by atoms with E-state index in [2.05, 4.69) is 5.32 Å². The predicted octanol–water partition coefficient (Wildman–Crippen LogP) is 2.24. The molecule has 0 aliphatic rings. The molecule has 4 nitrogen and oxygen atoms in total. The smallest absolute Gasteiger partial charge is 0.326 e. The first kappa shape index (κ1) is 13.5. The van der Waals surface area contributed by atoms with Crippen molar-refractivity contribution < 1.29 is 14.7 Å². The van der Waals surface area contributed by atoms with Crippen molar-refractivity contribution in [2.24, 2.45) is 0 Å². The van der Waals surface area contributed by atoms with Gasteiger partial charge in [0.2, 0.25) is 0 Å². The number of carbonyl (C=O) groups excluding carboxylic acids is 1. The molecule has 0 spiro atoms. The van der Waals surface area contributed by atoms with E-state index >= 15 is 0 Å². The van der Waals surface area contributed by atoms with Crippen molar-refractivity contribution in [1.29, 1.82) is 0 Å². The normalized spacial score (nSPS) is 11.9. The molecule has 0 bridgehead atoms. The van der Waals surface area contributed by atoms with Crippen molar-refractivity contribution in [3.8, 4) is 0 Å². The number of hydrogen-bond acceptors (Lipinski definition) is 2. The second kappa shape index (κ2) is 5.68. The summed E-state index contributed by atoms with van der Waals surface area (Å²) in [5.74, 6) is -1.47. The topological polar surface area (TPSA) is 66.4 Å². The molecule has 5 heteroatoms. The number of carboxylic acids is 1. The first-order chi connectivity index (χ1) is 7.93. The number of aliphatic carboxylic acids is 1. The van der Waals surface area contributed by atoms with Crippen LogP contribution in [0.15, 0.2) is 18.2 Å². The molecular weight excluding hydrogens is 242 g/mol. The molecule has 1 aromatic rings. The number of carbonyl (C=O) groups is 2. The Morgan fingerprint density at radius 2 is 2.06 bits per heavy atom. The van der Waals surface area contributed by atoms with E-state index in [-0.39, 0.29) is 0 Å². The zero-order valence-corrected chi connectivity index (χ0v) is 10.4. The minimum absolute atomic E-state index is 0.334. The summed E-state index contributed by atoms with van der Waals surface area (Å²) in [4.78, 5) is 22.6. The van der Waals surface area contributed by atoms with Gasteiger partial charge in [-0.1, -0.05) is 18.5 Å². The molecular formula is C12H14ClNO3. The Hall–Kier alpha value is -1.55. The minimum atomic E-state index is -1.04. The maximum atomic E-state index is 11.8. The summed E-state index contributed by atoms with van der Waals surface area (Å²) in [5.41, 5.74) is 1.22. The average molecular weight is 256 g/mol. The number of carboxylic acid groups (broad SMARTS) is 1. The Balaban J connectivity index is 2.86. The number of nitrogens with one attached hydrogen (secondary N) is 1. The third-order valence-corrected chi connectivity index (χ3v) is 2.53. The molecule has 0 aliphatic carbocycles. The van der Waals surface area contributed by atoms with Gasteiger partial charge in [-0.2, -0.15) is 0 Å². The van der Waals surface area contributed by atoms with Crippen LogP contribution in [-0.4, -0.2) is 23.0 Å². The zero-order chi connectivity index (χ0) is 13.0. The summed E-state index contributed by atoms with van der Waals surface area (Å²) in [6, 6.07) is 4.03. The van der Waals surface area contributed by atoms with Crippen LogP contribution in [0, 0.1) is 6.92 Å². The number of amides is 1. The molecule has 1 aromatic carbocycles. The van der Waals surface area contributed by atoms with Crippen LogP contribution in [0.25, 0.3) is 0 Å². The molecule has 0 aliphatic heterocycles. The summed E-state index contributed by atoms with van der Waals surface area (Å²) in [6.07, 6.45) is 0.334. The maximum absolute atomic E-state index is 11.8.